The van der Waals surface area contributed by atoms with Crippen LogP contribution in [0.25, 0.3) is 0 Å². The van der Waals surface area contributed by atoms with Gasteiger partial charge in [0.1, 0.15) is 17.2 Å². The maximum absolute atomic E-state index is 12.9. The Hall–Kier alpha value is -2.20. The Morgan fingerprint density at radius 3 is 1.16 bits per heavy atom. The zero-order valence-corrected chi connectivity index (χ0v) is 43.3. The zero-order chi connectivity index (χ0) is 48.4. The quantitative estimate of drug-likeness (QED) is 0.0217. The van der Waals surface area contributed by atoms with Crippen molar-refractivity contribution >= 4 is 19.4 Å². The lowest BCUT2D eigenvalue weighted by Gasteiger charge is -2.12. The van der Waals surface area contributed by atoms with Crippen molar-refractivity contribution < 1.29 is 56.1 Å². The van der Waals surface area contributed by atoms with E-state index in [0.29, 0.717) is 118 Å². The second kappa shape index (κ2) is 48.8. The number of hydrazone groups is 1. The van der Waals surface area contributed by atoms with Gasteiger partial charge in [0, 0.05) is 18.9 Å². The molecule has 0 heterocycles. The smallest absolute Gasteiger partial charge is 0.243 e. The monoisotopic (exact) mass is 976 g/mol. The average molecular weight is 976 g/mol. The summed E-state index contributed by atoms with van der Waals surface area (Å²) in [7, 11) is -3.51. The molecule has 0 aliphatic heterocycles. The molecule has 0 fully saturated rings. The molecule has 0 aromatic heterocycles. The van der Waals surface area contributed by atoms with Gasteiger partial charge in [-0.3, -0.25) is 9.56 Å². The summed E-state index contributed by atoms with van der Waals surface area (Å²) in [5.74, 6) is 7.30. The third-order valence-electron chi connectivity index (χ3n) is 10.6. The highest BCUT2D eigenvalue weighted by atomic mass is 31.2. The molecule has 0 radical (unpaired) electrons. The van der Waals surface area contributed by atoms with Gasteiger partial charge in [0.15, 0.2) is 0 Å². The minimum atomic E-state index is -3.51. The van der Waals surface area contributed by atoms with Crippen LogP contribution in [0.15, 0.2) is 28.3 Å². The molecule has 2 N–H and O–H groups in total. The molecule has 392 valence electrons. The Bertz CT molecular complexity index is 1280. The molecule has 0 amide bonds. The van der Waals surface area contributed by atoms with Gasteiger partial charge in [-0.25, -0.2) is 0 Å². The number of hydrogen-bond donors (Lipinski definition) is 1. The molecular formula is C51H95FN3O11P. The van der Waals surface area contributed by atoms with Gasteiger partial charge < -0.3 is 53.2 Å². The highest BCUT2D eigenvalue weighted by Crippen LogP contribution is 2.41. The number of aliphatic imine (C=N–C) groups is 1. The van der Waals surface area contributed by atoms with Gasteiger partial charge in [0.2, 0.25) is 7.45 Å². The van der Waals surface area contributed by atoms with E-state index in [1.54, 1.807) is 6.21 Å². The number of nitrogens with two attached hydrogens (primary N) is 1. The molecule has 1 aromatic rings. The summed E-state index contributed by atoms with van der Waals surface area (Å²) >= 11 is 0. The molecule has 0 aliphatic carbocycles. The average Bonchev–Trinajstić information content (AvgIpc) is 3.31. The van der Waals surface area contributed by atoms with Crippen molar-refractivity contribution in [1.82, 2.24) is 0 Å². The van der Waals surface area contributed by atoms with Crippen LogP contribution < -0.4 is 15.3 Å². The Labute approximate surface area is 406 Å². The maximum atomic E-state index is 12.9. The molecule has 0 spiro atoms. The highest BCUT2D eigenvalue weighted by molar-refractivity contribution is 7.57. The first-order valence-corrected chi connectivity index (χ1v) is 28.1. The highest BCUT2D eigenvalue weighted by Gasteiger charge is 2.11. The van der Waals surface area contributed by atoms with Crippen molar-refractivity contribution in [2.75, 3.05) is 132 Å². The fourth-order valence-corrected chi connectivity index (χ4v) is 7.21. The second-order valence-electron chi connectivity index (χ2n) is 17.0. The fourth-order valence-electron chi connectivity index (χ4n) is 6.76. The van der Waals surface area contributed by atoms with E-state index in [-0.39, 0.29) is 19.4 Å². The molecule has 67 heavy (non-hydrogen) atoms. The van der Waals surface area contributed by atoms with Crippen LogP contribution in [-0.2, 0) is 49.0 Å². The molecule has 0 aliphatic rings. The predicted molar refractivity (Wildman–Crippen MR) is 271 cm³/mol. The van der Waals surface area contributed by atoms with E-state index in [1.807, 2.05) is 6.07 Å². The van der Waals surface area contributed by atoms with Crippen LogP contribution in [-0.4, -0.2) is 144 Å². The third-order valence-corrected chi connectivity index (χ3v) is 11.6. The normalized spacial score (nSPS) is 12.9. The van der Waals surface area contributed by atoms with E-state index in [4.69, 9.17) is 53.2 Å². The van der Waals surface area contributed by atoms with Gasteiger partial charge in [0.25, 0.3) is 0 Å². The van der Waals surface area contributed by atoms with Crippen molar-refractivity contribution in [3.8, 4) is 11.5 Å². The predicted octanol–water partition coefficient (Wildman–Crippen LogP) is 11.2. The molecule has 1 unspecified atom stereocenters. The summed E-state index contributed by atoms with van der Waals surface area (Å²) in [5.41, 5.74) is 1.55. The van der Waals surface area contributed by atoms with Gasteiger partial charge in [-0.15, -0.1) is 0 Å². The maximum Gasteiger partial charge on any atom is 0.243 e. The minimum absolute atomic E-state index is 0.0690. The number of halogens is 1. The molecule has 0 saturated carbocycles. The molecule has 1 atom stereocenters. The molecule has 16 heteroatoms. The molecule has 0 saturated heterocycles. The summed E-state index contributed by atoms with van der Waals surface area (Å²) in [6, 6.07) is 6.12. The van der Waals surface area contributed by atoms with Crippen LogP contribution >= 0.6 is 7.45 Å². The van der Waals surface area contributed by atoms with E-state index < -0.39 is 7.45 Å². The Kier molecular flexibility index (Phi) is 45.8. The van der Waals surface area contributed by atoms with E-state index in [1.165, 1.54) is 116 Å². The summed E-state index contributed by atoms with van der Waals surface area (Å²) < 4.78 is 80.2. The largest absolute Gasteiger partial charge is 0.493 e. The van der Waals surface area contributed by atoms with Crippen molar-refractivity contribution in [3.63, 3.8) is 0 Å². The van der Waals surface area contributed by atoms with E-state index in [2.05, 4.69) is 36.1 Å². The first-order valence-electron chi connectivity index (χ1n) is 25.9. The van der Waals surface area contributed by atoms with Gasteiger partial charge in [-0.05, 0) is 30.5 Å². The number of unbranched alkanes of at least 4 members (excludes halogenated alkanes) is 18. The number of hydrogen-bond acceptors (Lipinski definition) is 14. The van der Waals surface area contributed by atoms with Crippen molar-refractivity contribution in [1.29, 1.82) is 0 Å². The van der Waals surface area contributed by atoms with Crippen molar-refractivity contribution in [2.45, 2.75) is 149 Å². The van der Waals surface area contributed by atoms with Crippen LogP contribution in [0.3, 0.4) is 0 Å². The van der Waals surface area contributed by atoms with Crippen LogP contribution in [0.2, 0.25) is 0 Å². The van der Waals surface area contributed by atoms with Crippen LogP contribution in [0.4, 0.5) is 4.20 Å². The van der Waals surface area contributed by atoms with E-state index in [9.17, 15) is 8.76 Å². The number of nitrogens with zero attached hydrogens (tertiary/aromatic N) is 2. The summed E-state index contributed by atoms with van der Waals surface area (Å²) in [4.78, 5) is 4.62. The van der Waals surface area contributed by atoms with Gasteiger partial charge in [0.05, 0.1) is 132 Å². The Balaban J connectivity index is 2.20. The lowest BCUT2D eigenvalue weighted by molar-refractivity contribution is -0.0221. The first-order chi connectivity index (χ1) is 32.9. The number of ether oxygens (including phenoxy) is 10. The molecule has 0 bridgehead atoms. The Morgan fingerprint density at radius 1 is 0.493 bits per heavy atom. The second-order valence-corrected chi connectivity index (χ2v) is 19.4. The van der Waals surface area contributed by atoms with Crippen LogP contribution in [0, 0.1) is 0 Å². The number of benzene rings is 1. The number of rotatable bonds is 53. The van der Waals surface area contributed by atoms with Crippen LogP contribution in [0.1, 0.15) is 148 Å². The minimum Gasteiger partial charge on any atom is -0.493 e. The fraction of sp³-hybridized carbons (Fsp3) is 0.843. The van der Waals surface area contributed by atoms with E-state index >= 15 is 0 Å². The van der Waals surface area contributed by atoms with Crippen molar-refractivity contribution in [2.24, 2.45) is 15.9 Å². The lowest BCUT2D eigenvalue weighted by Crippen LogP contribution is -2.17. The lowest BCUT2D eigenvalue weighted by atomic mass is 10.1. The zero-order valence-electron chi connectivity index (χ0n) is 42.4. The summed E-state index contributed by atoms with van der Waals surface area (Å²) in [6.45, 7) is 13.8. The summed E-state index contributed by atoms with van der Waals surface area (Å²) in [5, 5.41) is 3.86. The van der Waals surface area contributed by atoms with Crippen molar-refractivity contribution in [3.05, 3.63) is 23.8 Å². The third kappa shape index (κ3) is 46.0. The Morgan fingerprint density at radius 2 is 0.821 bits per heavy atom. The SMILES string of the molecule is CCCCCCCCCCCCOc1cc(CN=CC(COCCOCCOCCOCCOCCOCCOCCOCCP(C)(=O)F)=NN)cc(OCCCCCCCCCCCC)c1. The standard InChI is InChI=1S/C51H95FN3O11P/c1-4-6-8-10-12-14-16-18-20-22-24-65-50-42-48(43-51(44-50)66-25-23-21-19-17-15-13-11-9-7-5-2)45-54-46-49(55-53)47-64-39-38-62-35-34-60-31-30-58-27-26-57-28-29-59-32-33-61-36-37-63-40-41-67(3,52)56/h42-44,46H,4-41,45,47,53H2,1-3H3. The van der Waals surface area contributed by atoms with Gasteiger partial charge in [-0.2, -0.15) is 9.30 Å². The first kappa shape index (κ1) is 62.8. The van der Waals surface area contributed by atoms with Crippen LogP contribution in [0.5, 0.6) is 11.5 Å². The van der Waals surface area contributed by atoms with Gasteiger partial charge in [-0.1, -0.05) is 129 Å². The molecule has 1 aromatic carbocycles. The molecule has 14 nitrogen and oxygen atoms in total. The van der Waals surface area contributed by atoms with E-state index in [0.717, 1.165) is 36.6 Å². The molecule has 1 rings (SSSR count). The van der Waals surface area contributed by atoms with Gasteiger partial charge >= 0.3 is 0 Å². The molecular weight excluding hydrogens is 881 g/mol. The topological polar surface area (TPSA) is 160 Å². The summed E-state index contributed by atoms with van der Waals surface area (Å²) in [6.07, 6.45) is 27.5.